The molecule has 0 saturated carbocycles. The van der Waals surface area contributed by atoms with Gasteiger partial charge in [0, 0.05) is 30.4 Å². The van der Waals surface area contributed by atoms with E-state index in [2.05, 4.69) is 15.0 Å². The Bertz CT molecular complexity index is 780. The number of carbonyl (C=O) groups is 1. The average Bonchev–Trinajstić information content (AvgIpc) is 3.18. The van der Waals surface area contributed by atoms with Crippen molar-refractivity contribution in [2.75, 3.05) is 20.6 Å². The van der Waals surface area contributed by atoms with Crippen LogP contribution in [0.5, 0.6) is 0 Å². The third-order valence-electron chi connectivity index (χ3n) is 4.90. The van der Waals surface area contributed by atoms with Gasteiger partial charge in [0.15, 0.2) is 0 Å². The van der Waals surface area contributed by atoms with E-state index >= 15 is 0 Å². The Kier molecular flexibility index (Phi) is 5.36. The van der Waals surface area contributed by atoms with Gasteiger partial charge in [-0.1, -0.05) is 5.16 Å². The maximum absolute atomic E-state index is 13.0. The summed E-state index contributed by atoms with van der Waals surface area (Å²) in [7, 11) is 4.05. The SMILES string of the molecule is Cc1ncc(CN(C)C)c([C@H]2CCCN2C(=O)Cc2c(C)noc2C)n1. The summed E-state index contributed by atoms with van der Waals surface area (Å²) in [6, 6.07) is 0.0135. The van der Waals surface area contributed by atoms with Crippen molar-refractivity contribution in [2.45, 2.75) is 52.6 Å². The highest BCUT2D eigenvalue weighted by Crippen LogP contribution is 2.33. The Labute approximate surface area is 154 Å². The van der Waals surface area contributed by atoms with Crippen molar-refractivity contribution < 1.29 is 9.32 Å². The van der Waals surface area contributed by atoms with Crippen LogP contribution in [0.3, 0.4) is 0 Å². The fourth-order valence-electron chi connectivity index (χ4n) is 3.62. The van der Waals surface area contributed by atoms with Crippen LogP contribution in [-0.4, -0.2) is 51.5 Å². The van der Waals surface area contributed by atoms with E-state index in [0.717, 1.165) is 60.0 Å². The molecule has 7 heteroatoms. The largest absolute Gasteiger partial charge is 0.361 e. The Hall–Kier alpha value is -2.28. The summed E-state index contributed by atoms with van der Waals surface area (Å²) in [4.78, 5) is 26.2. The molecule has 1 fully saturated rings. The third kappa shape index (κ3) is 3.77. The lowest BCUT2D eigenvalue weighted by Crippen LogP contribution is -2.33. The monoisotopic (exact) mass is 357 g/mol. The van der Waals surface area contributed by atoms with Crippen molar-refractivity contribution in [2.24, 2.45) is 0 Å². The highest BCUT2D eigenvalue weighted by Gasteiger charge is 2.33. The molecule has 0 bridgehead atoms. The molecule has 26 heavy (non-hydrogen) atoms. The van der Waals surface area contributed by atoms with Crippen molar-refractivity contribution in [3.05, 3.63) is 40.3 Å². The number of hydrogen-bond acceptors (Lipinski definition) is 6. The molecule has 1 amide bonds. The van der Waals surface area contributed by atoms with E-state index in [9.17, 15) is 4.79 Å². The second-order valence-electron chi connectivity index (χ2n) is 7.29. The van der Waals surface area contributed by atoms with E-state index in [1.165, 1.54) is 0 Å². The van der Waals surface area contributed by atoms with Crippen molar-refractivity contribution >= 4 is 5.91 Å². The normalized spacial score (nSPS) is 17.3. The van der Waals surface area contributed by atoms with Gasteiger partial charge in [0.2, 0.25) is 5.91 Å². The zero-order valence-electron chi connectivity index (χ0n) is 16.2. The fourth-order valence-corrected chi connectivity index (χ4v) is 3.62. The molecule has 1 saturated heterocycles. The zero-order chi connectivity index (χ0) is 18.8. The van der Waals surface area contributed by atoms with Gasteiger partial charge in [0.1, 0.15) is 11.6 Å². The summed E-state index contributed by atoms with van der Waals surface area (Å²) in [5.74, 6) is 1.57. The Balaban J connectivity index is 1.86. The second kappa shape index (κ2) is 7.53. The lowest BCUT2D eigenvalue weighted by molar-refractivity contribution is -0.131. The van der Waals surface area contributed by atoms with Crippen molar-refractivity contribution in [3.8, 4) is 0 Å². The molecule has 1 atom stereocenters. The van der Waals surface area contributed by atoms with Gasteiger partial charge >= 0.3 is 0 Å². The Morgan fingerprint density at radius 1 is 1.35 bits per heavy atom. The molecule has 0 unspecified atom stereocenters. The maximum Gasteiger partial charge on any atom is 0.227 e. The van der Waals surface area contributed by atoms with Crippen LogP contribution in [0, 0.1) is 20.8 Å². The third-order valence-corrected chi connectivity index (χ3v) is 4.90. The van der Waals surface area contributed by atoms with Gasteiger partial charge in [-0.3, -0.25) is 4.79 Å². The van der Waals surface area contributed by atoms with Crippen LogP contribution in [0.2, 0.25) is 0 Å². The maximum atomic E-state index is 13.0. The van der Waals surface area contributed by atoms with Gasteiger partial charge in [-0.15, -0.1) is 0 Å². The summed E-state index contributed by atoms with van der Waals surface area (Å²) >= 11 is 0. The highest BCUT2D eigenvalue weighted by molar-refractivity contribution is 5.80. The fraction of sp³-hybridized carbons (Fsp3) is 0.579. The molecule has 2 aromatic heterocycles. The summed E-state index contributed by atoms with van der Waals surface area (Å²) in [6.07, 6.45) is 4.14. The van der Waals surface area contributed by atoms with Crippen LogP contribution in [0.1, 0.15) is 53.0 Å². The van der Waals surface area contributed by atoms with Crippen LogP contribution in [0.25, 0.3) is 0 Å². The highest BCUT2D eigenvalue weighted by atomic mass is 16.5. The topological polar surface area (TPSA) is 75.4 Å². The molecular formula is C19H27N5O2. The summed E-state index contributed by atoms with van der Waals surface area (Å²) in [5.41, 5.74) is 3.75. The number of hydrogen-bond donors (Lipinski definition) is 0. The van der Waals surface area contributed by atoms with E-state index in [0.29, 0.717) is 6.42 Å². The molecule has 0 N–H and O–H groups in total. The molecule has 3 heterocycles. The van der Waals surface area contributed by atoms with Crippen LogP contribution in [0.4, 0.5) is 0 Å². The van der Waals surface area contributed by atoms with Gasteiger partial charge in [-0.05, 0) is 47.7 Å². The predicted octanol–water partition coefficient (Wildman–Crippen LogP) is 2.36. The molecule has 0 aromatic carbocycles. The minimum atomic E-state index is 0.0135. The smallest absolute Gasteiger partial charge is 0.227 e. The minimum Gasteiger partial charge on any atom is -0.361 e. The summed E-state index contributed by atoms with van der Waals surface area (Å²) in [6.45, 7) is 7.15. The number of nitrogens with zero attached hydrogens (tertiary/aromatic N) is 5. The van der Waals surface area contributed by atoms with Gasteiger partial charge in [0.05, 0.1) is 23.9 Å². The quantitative estimate of drug-likeness (QED) is 0.818. The van der Waals surface area contributed by atoms with E-state index < -0.39 is 0 Å². The minimum absolute atomic E-state index is 0.0135. The predicted molar refractivity (Wildman–Crippen MR) is 97.5 cm³/mol. The molecule has 3 rings (SSSR count). The number of carbonyl (C=O) groups excluding carboxylic acids is 1. The standard InChI is InChI=1S/C19H27N5O2/c1-12-16(13(2)26-22-12)9-18(25)24-8-6-7-17(24)19-15(11-23(4)5)10-20-14(3)21-19/h10,17H,6-9,11H2,1-5H3/t17-/m1/s1. The lowest BCUT2D eigenvalue weighted by atomic mass is 10.0. The first-order valence-corrected chi connectivity index (χ1v) is 9.05. The molecule has 0 spiro atoms. The number of aryl methyl sites for hydroxylation is 3. The van der Waals surface area contributed by atoms with Crippen LogP contribution in [0.15, 0.2) is 10.7 Å². The first kappa shape index (κ1) is 18.5. The molecule has 1 aliphatic rings. The molecule has 7 nitrogen and oxygen atoms in total. The van der Waals surface area contributed by atoms with Gasteiger partial charge in [-0.2, -0.15) is 0 Å². The lowest BCUT2D eigenvalue weighted by Gasteiger charge is -2.26. The van der Waals surface area contributed by atoms with Gasteiger partial charge < -0.3 is 14.3 Å². The number of amides is 1. The van der Waals surface area contributed by atoms with E-state index in [4.69, 9.17) is 9.51 Å². The van der Waals surface area contributed by atoms with E-state index in [-0.39, 0.29) is 11.9 Å². The van der Waals surface area contributed by atoms with Gasteiger partial charge in [-0.25, -0.2) is 9.97 Å². The Morgan fingerprint density at radius 3 is 2.77 bits per heavy atom. The van der Waals surface area contributed by atoms with Crippen LogP contribution < -0.4 is 0 Å². The van der Waals surface area contributed by atoms with Crippen molar-refractivity contribution in [3.63, 3.8) is 0 Å². The zero-order valence-corrected chi connectivity index (χ0v) is 16.2. The first-order valence-electron chi connectivity index (χ1n) is 9.05. The molecule has 140 valence electrons. The van der Waals surface area contributed by atoms with Crippen molar-refractivity contribution in [1.29, 1.82) is 0 Å². The first-order chi connectivity index (χ1) is 12.4. The molecule has 0 aliphatic carbocycles. The average molecular weight is 357 g/mol. The second-order valence-corrected chi connectivity index (χ2v) is 7.29. The van der Waals surface area contributed by atoms with Crippen LogP contribution >= 0.6 is 0 Å². The van der Waals surface area contributed by atoms with Crippen molar-refractivity contribution in [1.82, 2.24) is 24.9 Å². The van der Waals surface area contributed by atoms with E-state index in [1.54, 1.807) is 0 Å². The summed E-state index contributed by atoms with van der Waals surface area (Å²) < 4.78 is 5.20. The number of likely N-dealkylation sites (tertiary alicyclic amines) is 1. The van der Waals surface area contributed by atoms with Gasteiger partial charge in [0.25, 0.3) is 0 Å². The molecular weight excluding hydrogens is 330 g/mol. The molecule has 0 radical (unpaired) electrons. The Morgan fingerprint density at radius 2 is 2.12 bits per heavy atom. The number of aromatic nitrogens is 3. The number of rotatable bonds is 5. The van der Waals surface area contributed by atoms with E-state index in [1.807, 2.05) is 46.0 Å². The summed E-state index contributed by atoms with van der Waals surface area (Å²) in [5, 5.41) is 3.96. The van der Waals surface area contributed by atoms with Crippen LogP contribution in [-0.2, 0) is 17.8 Å². The molecule has 2 aromatic rings. The molecule has 1 aliphatic heterocycles.